The summed E-state index contributed by atoms with van der Waals surface area (Å²) in [4.78, 5) is 37.9. The van der Waals surface area contributed by atoms with Gasteiger partial charge in [-0.2, -0.15) is 0 Å². The molecule has 2 aromatic rings. The molecule has 7 nitrogen and oxygen atoms in total. The fourth-order valence-corrected chi connectivity index (χ4v) is 2.52. The number of nitrogens with zero attached hydrogens (tertiary/aromatic N) is 2. The number of nitrogens with one attached hydrogen (secondary N) is 1. The Bertz CT molecular complexity index is 865. The molecule has 128 valence electrons. The molecule has 0 saturated carbocycles. The van der Waals surface area contributed by atoms with Gasteiger partial charge in [0.05, 0.1) is 12.3 Å². The molecule has 1 saturated heterocycles. The Morgan fingerprint density at radius 1 is 1.12 bits per heavy atom. The van der Waals surface area contributed by atoms with Crippen LogP contribution in [0.5, 0.6) is 5.75 Å². The van der Waals surface area contributed by atoms with Crippen LogP contribution in [0.15, 0.2) is 48.2 Å². The molecule has 1 aromatic heterocycles. The van der Waals surface area contributed by atoms with Gasteiger partial charge in [-0.05, 0) is 49.4 Å². The van der Waals surface area contributed by atoms with Gasteiger partial charge in [0, 0.05) is 18.9 Å². The Morgan fingerprint density at radius 2 is 1.84 bits per heavy atom. The minimum atomic E-state index is -0.775. The lowest BCUT2D eigenvalue weighted by atomic mass is 10.1. The number of aromatic nitrogens is 1. The number of carbonyl (C=O) groups is 3. The molecule has 3 rings (SSSR count). The average Bonchev–Trinajstić information content (AvgIpc) is 2.98. The van der Waals surface area contributed by atoms with Gasteiger partial charge in [0.1, 0.15) is 11.3 Å². The van der Waals surface area contributed by atoms with Crippen molar-refractivity contribution in [3.63, 3.8) is 0 Å². The van der Waals surface area contributed by atoms with Gasteiger partial charge in [-0.3, -0.25) is 14.9 Å². The second-order valence-corrected chi connectivity index (χ2v) is 5.43. The smallest absolute Gasteiger partial charge is 0.335 e. The van der Waals surface area contributed by atoms with Crippen molar-refractivity contribution in [1.29, 1.82) is 0 Å². The largest absolute Gasteiger partial charge is 0.494 e. The van der Waals surface area contributed by atoms with Gasteiger partial charge in [-0.15, -0.1) is 0 Å². The molecule has 1 N–H and O–H groups in total. The van der Waals surface area contributed by atoms with E-state index >= 15 is 0 Å². The maximum atomic E-state index is 12.7. The fourth-order valence-electron chi connectivity index (χ4n) is 2.52. The average molecular weight is 339 g/mol. The molecule has 25 heavy (non-hydrogen) atoms. The first-order valence-electron chi connectivity index (χ1n) is 7.77. The van der Waals surface area contributed by atoms with E-state index in [4.69, 9.17) is 4.74 Å². The van der Waals surface area contributed by atoms with Crippen LogP contribution >= 0.6 is 0 Å². The van der Waals surface area contributed by atoms with Crippen molar-refractivity contribution in [3.05, 3.63) is 53.9 Å². The van der Waals surface area contributed by atoms with Gasteiger partial charge in [-0.1, -0.05) is 0 Å². The van der Waals surface area contributed by atoms with E-state index < -0.39 is 17.8 Å². The van der Waals surface area contributed by atoms with E-state index in [9.17, 15) is 14.4 Å². The Kier molecular flexibility index (Phi) is 4.38. The molecular formula is C18H17N3O4. The van der Waals surface area contributed by atoms with E-state index in [0.29, 0.717) is 23.7 Å². The molecule has 0 radical (unpaired) electrons. The number of urea groups is 1. The second-order valence-electron chi connectivity index (χ2n) is 5.43. The molecule has 1 aromatic carbocycles. The van der Waals surface area contributed by atoms with Crippen molar-refractivity contribution in [2.75, 3.05) is 11.5 Å². The summed E-state index contributed by atoms with van der Waals surface area (Å²) in [5.41, 5.74) is 0.936. The van der Waals surface area contributed by atoms with E-state index in [0.717, 1.165) is 4.90 Å². The van der Waals surface area contributed by atoms with Gasteiger partial charge >= 0.3 is 6.03 Å². The maximum absolute atomic E-state index is 12.7. The number of carbonyl (C=O) groups excluding carboxylic acids is 3. The Balaban J connectivity index is 1.95. The highest BCUT2D eigenvalue weighted by Gasteiger charge is 2.36. The molecule has 0 atom stereocenters. The Hall–Kier alpha value is -3.35. The van der Waals surface area contributed by atoms with Crippen molar-refractivity contribution in [3.8, 4) is 5.75 Å². The normalized spacial score (nSPS) is 16.3. The quantitative estimate of drug-likeness (QED) is 0.683. The third-order valence-electron chi connectivity index (χ3n) is 3.78. The van der Waals surface area contributed by atoms with E-state index in [-0.39, 0.29) is 5.57 Å². The van der Waals surface area contributed by atoms with Crippen molar-refractivity contribution in [2.24, 2.45) is 7.05 Å². The molecule has 0 bridgehead atoms. The van der Waals surface area contributed by atoms with Crippen molar-refractivity contribution < 1.29 is 19.1 Å². The zero-order valence-electron chi connectivity index (χ0n) is 13.9. The number of hydrogen-bond donors (Lipinski definition) is 1. The first-order chi connectivity index (χ1) is 12.0. The Morgan fingerprint density at radius 3 is 2.44 bits per heavy atom. The number of amides is 4. The first-order valence-corrected chi connectivity index (χ1v) is 7.77. The van der Waals surface area contributed by atoms with Crippen LogP contribution in [-0.4, -0.2) is 29.0 Å². The van der Waals surface area contributed by atoms with Crippen LogP contribution in [0, 0.1) is 0 Å². The van der Waals surface area contributed by atoms with E-state index in [1.165, 1.54) is 6.08 Å². The molecule has 0 unspecified atom stereocenters. The number of imide groups is 2. The second kappa shape index (κ2) is 6.64. The summed E-state index contributed by atoms with van der Waals surface area (Å²) in [5, 5.41) is 2.20. The van der Waals surface area contributed by atoms with Crippen molar-refractivity contribution >= 4 is 29.6 Å². The number of hydrogen-bond acceptors (Lipinski definition) is 4. The minimum absolute atomic E-state index is 0.102. The highest BCUT2D eigenvalue weighted by atomic mass is 16.5. The molecule has 1 aliphatic rings. The maximum Gasteiger partial charge on any atom is 0.335 e. The van der Waals surface area contributed by atoms with E-state index in [1.807, 2.05) is 6.92 Å². The zero-order chi connectivity index (χ0) is 18.0. The highest BCUT2D eigenvalue weighted by molar-refractivity contribution is 6.39. The summed E-state index contributed by atoms with van der Waals surface area (Å²) in [6.07, 6.45) is 3.26. The third kappa shape index (κ3) is 3.16. The third-order valence-corrected chi connectivity index (χ3v) is 3.78. The molecule has 1 fully saturated rings. The molecule has 0 aliphatic carbocycles. The molecule has 4 amide bonds. The predicted octanol–water partition coefficient (Wildman–Crippen LogP) is 2.09. The molecular weight excluding hydrogens is 322 g/mol. The standard InChI is InChI=1S/C18H17N3O4/c1-3-25-14-8-6-12(7-9-14)21-17(23)15(16(22)19-18(21)24)11-13-5-4-10-20(13)2/h4-11H,3H2,1-2H3,(H,19,22,24)/b15-11-. The topological polar surface area (TPSA) is 80.6 Å². The lowest BCUT2D eigenvalue weighted by molar-refractivity contribution is -0.122. The number of ether oxygens (including phenoxy) is 1. The summed E-state index contributed by atoms with van der Waals surface area (Å²) >= 11 is 0. The number of rotatable bonds is 4. The summed E-state index contributed by atoms with van der Waals surface area (Å²) in [6.45, 7) is 2.38. The summed E-state index contributed by atoms with van der Waals surface area (Å²) in [7, 11) is 1.80. The minimum Gasteiger partial charge on any atom is -0.494 e. The SMILES string of the molecule is CCOc1ccc(N2C(=O)NC(=O)/C(=C/c3cccn3C)C2=O)cc1. The van der Waals surface area contributed by atoms with Crippen LogP contribution < -0.4 is 15.0 Å². The van der Waals surface area contributed by atoms with Gasteiger partial charge in [0.25, 0.3) is 11.8 Å². The van der Waals surface area contributed by atoms with Gasteiger partial charge in [0.15, 0.2) is 0 Å². The zero-order valence-corrected chi connectivity index (χ0v) is 13.9. The molecule has 2 heterocycles. The van der Waals surface area contributed by atoms with E-state index in [1.54, 1.807) is 54.2 Å². The van der Waals surface area contributed by atoms with Gasteiger partial charge in [0.2, 0.25) is 0 Å². The Labute approximate surface area is 144 Å². The van der Waals surface area contributed by atoms with Crippen molar-refractivity contribution in [2.45, 2.75) is 6.92 Å². The van der Waals surface area contributed by atoms with Crippen LogP contribution in [0.25, 0.3) is 6.08 Å². The predicted molar refractivity (Wildman–Crippen MR) is 92.0 cm³/mol. The van der Waals surface area contributed by atoms with Gasteiger partial charge in [-0.25, -0.2) is 9.69 Å². The lowest BCUT2D eigenvalue weighted by Gasteiger charge is -2.26. The first kappa shape index (κ1) is 16.5. The van der Waals surface area contributed by atoms with Crippen LogP contribution in [0.3, 0.4) is 0 Å². The fraction of sp³-hybridized carbons (Fsp3) is 0.167. The van der Waals surface area contributed by atoms with E-state index in [2.05, 4.69) is 5.32 Å². The van der Waals surface area contributed by atoms with Crippen LogP contribution in [-0.2, 0) is 16.6 Å². The number of aryl methyl sites for hydroxylation is 1. The number of anilines is 1. The molecule has 7 heteroatoms. The lowest BCUT2D eigenvalue weighted by Crippen LogP contribution is -2.54. The number of benzene rings is 1. The number of barbiturate groups is 1. The molecule has 1 aliphatic heterocycles. The summed E-state index contributed by atoms with van der Waals surface area (Å²) in [5.74, 6) is -0.746. The van der Waals surface area contributed by atoms with Gasteiger partial charge < -0.3 is 9.30 Å². The highest BCUT2D eigenvalue weighted by Crippen LogP contribution is 2.24. The van der Waals surface area contributed by atoms with Crippen LogP contribution in [0.4, 0.5) is 10.5 Å². The van der Waals surface area contributed by atoms with Crippen molar-refractivity contribution in [1.82, 2.24) is 9.88 Å². The van der Waals surface area contributed by atoms with Crippen LogP contribution in [0.1, 0.15) is 12.6 Å². The summed E-state index contributed by atoms with van der Waals surface area (Å²) in [6, 6.07) is 9.31. The van der Waals surface area contributed by atoms with Crippen LogP contribution in [0.2, 0.25) is 0 Å². The monoisotopic (exact) mass is 339 g/mol. The molecule has 0 spiro atoms. The summed E-state index contributed by atoms with van der Waals surface area (Å²) < 4.78 is 7.12.